The first-order valence-electron chi connectivity index (χ1n) is 5.20. The molecule has 0 heterocycles. The molecular weight excluding hydrogens is 284 g/mol. The number of nitrogens with zero attached hydrogens (tertiary/aromatic N) is 2. The summed E-state index contributed by atoms with van der Waals surface area (Å²) in [6.45, 7) is 2.45. The van der Waals surface area contributed by atoms with Gasteiger partial charge in [-0.25, -0.2) is 4.99 Å². The van der Waals surface area contributed by atoms with Crippen LogP contribution in [0.1, 0.15) is 17.3 Å². The molecule has 0 spiro atoms. The molecule has 17 heavy (non-hydrogen) atoms. The van der Waals surface area contributed by atoms with E-state index in [9.17, 15) is 4.79 Å². The molecule has 0 saturated heterocycles. The van der Waals surface area contributed by atoms with E-state index in [4.69, 9.17) is 4.74 Å². The lowest BCUT2D eigenvalue weighted by molar-refractivity contribution is 0.112. The standard InChI is InChI=1S/C12H15BrN2O2/c1-4-17-12-5-9(7-16)11(6-10(12)13)14-8-15(2)3/h5-8H,4H2,1-3H3/b14-8-. The van der Waals surface area contributed by atoms with Gasteiger partial charge in [-0.1, -0.05) is 0 Å². The van der Waals surface area contributed by atoms with E-state index in [2.05, 4.69) is 20.9 Å². The Bertz CT molecular complexity index is 431. The zero-order chi connectivity index (χ0) is 12.8. The normalized spacial score (nSPS) is 10.6. The molecule has 1 aromatic rings. The van der Waals surface area contributed by atoms with Gasteiger partial charge in [-0.2, -0.15) is 0 Å². The Labute approximate surface area is 109 Å². The first kappa shape index (κ1) is 13.7. The predicted octanol–water partition coefficient (Wildman–Crippen LogP) is 2.88. The highest BCUT2D eigenvalue weighted by Gasteiger charge is 2.08. The van der Waals surface area contributed by atoms with Gasteiger partial charge in [0, 0.05) is 19.7 Å². The molecule has 0 fully saturated rings. The Morgan fingerprint density at radius 3 is 2.71 bits per heavy atom. The summed E-state index contributed by atoms with van der Waals surface area (Å²) in [5.41, 5.74) is 1.12. The molecule has 92 valence electrons. The van der Waals surface area contributed by atoms with E-state index < -0.39 is 0 Å². The van der Waals surface area contributed by atoms with E-state index in [1.165, 1.54) is 0 Å². The van der Waals surface area contributed by atoms with Crippen molar-refractivity contribution in [1.29, 1.82) is 0 Å². The number of aliphatic imine (C=N–C) groups is 1. The predicted molar refractivity (Wildman–Crippen MR) is 72.5 cm³/mol. The molecule has 0 N–H and O–H groups in total. The van der Waals surface area contributed by atoms with Crippen molar-refractivity contribution in [2.24, 2.45) is 4.99 Å². The van der Waals surface area contributed by atoms with Crippen LogP contribution in [0.4, 0.5) is 5.69 Å². The van der Waals surface area contributed by atoms with Crippen molar-refractivity contribution in [3.8, 4) is 5.75 Å². The topological polar surface area (TPSA) is 41.9 Å². The van der Waals surface area contributed by atoms with E-state index in [1.54, 1.807) is 23.4 Å². The molecule has 0 bridgehead atoms. The highest BCUT2D eigenvalue weighted by molar-refractivity contribution is 9.10. The van der Waals surface area contributed by atoms with Gasteiger partial charge < -0.3 is 9.64 Å². The number of carbonyl (C=O) groups excluding carboxylic acids is 1. The Morgan fingerprint density at radius 2 is 2.18 bits per heavy atom. The van der Waals surface area contributed by atoms with Crippen molar-refractivity contribution >= 4 is 34.2 Å². The van der Waals surface area contributed by atoms with E-state index in [0.29, 0.717) is 23.6 Å². The molecule has 0 radical (unpaired) electrons. The fourth-order valence-electron chi connectivity index (χ4n) is 1.21. The Balaban J connectivity index is 3.14. The van der Waals surface area contributed by atoms with Crippen LogP contribution in [0.5, 0.6) is 5.75 Å². The quantitative estimate of drug-likeness (QED) is 0.477. The number of hydrogen-bond donors (Lipinski definition) is 0. The minimum atomic E-state index is 0.509. The monoisotopic (exact) mass is 298 g/mol. The average molecular weight is 299 g/mol. The van der Waals surface area contributed by atoms with Crippen LogP contribution >= 0.6 is 15.9 Å². The molecule has 0 aliphatic heterocycles. The van der Waals surface area contributed by atoms with Crippen LogP contribution in [0, 0.1) is 0 Å². The molecular formula is C12H15BrN2O2. The second-order valence-electron chi connectivity index (χ2n) is 3.60. The summed E-state index contributed by atoms with van der Waals surface area (Å²) >= 11 is 3.39. The maximum absolute atomic E-state index is 11.0. The highest BCUT2D eigenvalue weighted by atomic mass is 79.9. The van der Waals surface area contributed by atoms with Crippen molar-refractivity contribution in [2.75, 3.05) is 20.7 Å². The van der Waals surface area contributed by atoms with Crippen LogP contribution in [0.3, 0.4) is 0 Å². The summed E-state index contributed by atoms with van der Waals surface area (Å²) in [5, 5.41) is 0. The van der Waals surface area contributed by atoms with Gasteiger partial charge >= 0.3 is 0 Å². The van der Waals surface area contributed by atoms with Crippen molar-refractivity contribution in [1.82, 2.24) is 4.90 Å². The maximum atomic E-state index is 11.0. The molecule has 5 heteroatoms. The second kappa shape index (κ2) is 6.39. The minimum absolute atomic E-state index is 0.509. The number of rotatable bonds is 5. The van der Waals surface area contributed by atoms with E-state index in [-0.39, 0.29) is 0 Å². The summed E-state index contributed by atoms with van der Waals surface area (Å²) < 4.78 is 6.18. The van der Waals surface area contributed by atoms with Gasteiger partial charge in [0.15, 0.2) is 6.29 Å². The number of halogens is 1. The molecule has 0 aliphatic carbocycles. The van der Waals surface area contributed by atoms with Gasteiger partial charge in [-0.3, -0.25) is 4.79 Å². The van der Waals surface area contributed by atoms with E-state index in [0.717, 1.165) is 10.8 Å². The van der Waals surface area contributed by atoms with Gasteiger partial charge in [0.2, 0.25) is 0 Å². The van der Waals surface area contributed by atoms with Gasteiger partial charge in [0.05, 0.1) is 23.1 Å². The van der Waals surface area contributed by atoms with Crippen LogP contribution in [0.15, 0.2) is 21.6 Å². The number of benzene rings is 1. The van der Waals surface area contributed by atoms with Gasteiger partial charge in [0.1, 0.15) is 5.75 Å². The molecule has 0 aromatic heterocycles. The van der Waals surface area contributed by atoms with Gasteiger partial charge in [-0.15, -0.1) is 0 Å². The van der Waals surface area contributed by atoms with Crippen molar-refractivity contribution < 1.29 is 9.53 Å². The van der Waals surface area contributed by atoms with Crippen LogP contribution < -0.4 is 4.74 Å². The summed E-state index contributed by atoms with van der Waals surface area (Å²) in [6.07, 6.45) is 2.42. The van der Waals surface area contributed by atoms with Gasteiger partial charge in [0.25, 0.3) is 0 Å². The zero-order valence-electron chi connectivity index (χ0n) is 10.1. The number of carbonyl (C=O) groups is 1. The van der Waals surface area contributed by atoms with Crippen LogP contribution in [0.2, 0.25) is 0 Å². The molecule has 4 nitrogen and oxygen atoms in total. The zero-order valence-corrected chi connectivity index (χ0v) is 11.7. The lowest BCUT2D eigenvalue weighted by atomic mass is 10.2. The van der Waals surface area contributed by atoms with E-state index >= 15 is 0 Å². The van der Waals surface area contributed by atoms with Crippen molar-refractivity contribution in [3.63, 3.8) is 0 Å². The third-order valence-corrected chi connectivity index (χ3v) is 2.56. The second-order valence-corrected chi connectivity index (χ2v) is 4.45. The molecule has 1 rings (SSSR count). The Kier molecular flexibility index (Phi) is 5.15. The van der Waals surface area contributed by atoms with Crippen LogP contribution in [0.25, 0.3) is 0 Å². The molecule has 1 aromatic carbocycles. The summed E-state index contributed by atoms with van der Waals surface area (Å²) in [6, 6.07) is 3.46. The highest BCUT2D eigenvalue weighted by Crippen LogP contribution is 2.32. The minimum Gasteiger partial charge on any atom is -0.493 e. The van der Waals surface area contributed by atoms with Crippen LogP contribution in [-0.2, 0) is 0 Å². The fourth-order valence-corrected chi connectivity index (χ4v) is 1.65. The molecule has 0 saturated carbocycles. The molecule has 0 atom stereocenters. The summed E-state index contributed by atoms with van der Waals surface area (Å²) in [5.74, 6) is 0.651. The average Bonchev–Trinajstić information content (AvgIpc) is 2.29. The molecule has 0 aliphatic rings. The summed E-state index contributed by atoms with van der Waals surface area (Å²) in [7, 11) is 3.74. The summed E-state index contributed by atoms with van der Waals surface area (Å²) in [4.78, 5) is 17.0. The SMILES string of the molecule is CCOc1cc(C=O)c(/N=C\N(C)C)cc1Br. The first-order chi connectivity index (χ1) is 8.08. The smallest absolute Gasteiger partial charge is 0.152 e. The van der Waals surface area contributed by atoms with E-state index in [1.807, 2.05) is 21.0 Å². The molecule has 0 amide bonds. The lowest BCUT2D eigenvalue weighted by Gasteiger charge is -2.09. The first-order valence-corrected chi connectivity index (χ1v) is 6.00. The third kappa shape index (κ3) is 3.85. The Hall–Kier alpha value is -1.36. The largest absolute Gasteiger partial charge is 0.493 e. The Morgan fingerprint density at radius 1 is 1.47 bits per heavy atom. The number of ether oxygens (including phenoxy) is 1. The molecule has 0 unspecified atom stereocenters. The fraction of sp³-hybridized carbons (Fsp3) is 0.333. The number of hydrogen-bond acceptors (Lipinski definition) is 3. The lowest BCUT2D eigenvalue weighted by Crippen LogP contribution is -2.07. The maximum Gasteiger partial charge on any atom is 0.152 e. The van der Waals surface area contributed by atoms with Gasteiger partial charge in [-0.05, 0) is 35.0 Å². The van der Waals surface area contributed by atoms with Crippen LogP contribution in [-0.4, -0.2) is 38.2 Å². The van der Waals surface area contributed by atoms with Crippen molar-refractivity contribution in [2.45, 2.75) is 6.92 Å². The number of aldehydes is 1. The third-order valence-electron chi connectivity index (χ3n) is 1.94. The van der Waals surface area contributed by atoms with Crippen molar-refractivity contribution in [3.05, 3.63) is 22.2 Å².